The molecule has 2 aromatic rings. The van der Waals surface area contributed by atoms with E-state index < -0.39 is 0 Å². The Morgan fingerprint density at radius 1 is 1.00 bits per heavy atom. The number of benzene rings is 2. The van der Waals surface area contributed by atoms with Gasteiger partial charge in [0.2, 0.25) is 0 Å². The van der Waals surface area contributed by atoms with E-state index in [2.05, 4.69) is 6.92 Å². The third kappa shape index (κ3) is 4.45. The maximum Gasteiger partial charge on any atom is 0.193 e. The van der Waals surface area contributed by atoms with E-state index in [0.717, 1.165) is 24.8 Å². The van der Waals surface area contributed by atoms with Crippen LogP contribution in [-0.4, -0.2) is 32.0 Å². The van der Waals surface area contributed by atoms with Crippen LogP contribution in [0.3, 0.4) is 0 Å². The van der Waals surface area contributed by atoms with Crippen molar-refractivity contribution >= 4 is 5.78 Å². The Kier molecular flexibility index (Phi) is 5.65. The fourth-order valence-electron chi connectivity index (χ4n) is 3.19. The normalized spacial score (nSPS) is 20.5. The molecule has 1 aliphatic rings. The number of rotatable bonds is 6. The van der Waals surface area contributed by atoms with Gasteiger partial charge in [-0.15, -0.1) is 0 Å². The van der Waals surface area contributed by atoms with Crippen LogP contribution in [0, 0.1) is 5.92 Å². The smallest absolute Gasteiger partial charge is 0.193 e. The van der Waals surface area contributed by atoms with E-state index >= 15 is 0 Å². The fourth-order valence-corrected chi connectivity index (χ4v) is 3.19. The van der Waals surface area contributed by atoms with Crippen molar-refractivity contribution < 1.29 is 14.4 Å². The first kappa shape index (κ1) is 16.7. The molecule has 1 heterocycles. The summed E-state index contributed by atoms with van der Waals surface area (Å²) in [5.74, 6) is 1.77. The van der Waals surface area contributed by atoms with Gasteiger partial charge < -0.3 is 9.64 Å². The second-order valence-electron chi connectivity index (χ2n) is 6.75. The van der Waals surface area contributed by atoms with Crippen LogP contribution in [0.1, 0.15) is 35.7 Å². The van der Waals surface area contributed by atoms with Crippen molar-refractivity contribution in [2.75, 3.05) is 26.2 Å². The maximum absolute atomic E-state index is 12.4. The predicted octanol–water partition coefficient (Wildman–Crippen LogP) is 2.61. The highest BCUT2D eigenvalue weighted by Gasteiger charge is 2.18. The van der Waals surface area contributed by atoms with Crippen molar-refractivity contribution in [3.05, 3.63) is 65.7 Å². The van der Waals surface area contributed by atoms with Crippen LogP contribution >= 0.6 is 0 Å². The van der Waals surface area contributed by atoms with Crippen molar-refractivity contribution in [3.8, 4) is 5.75 Å². The number of ketones is 1. The van der Waals surface area contributed by atoms with Crippen LogP contribution in [0.15, 0.2) is 54.6 Å². The highest BCUT2D eigenvalue weighted by atomic mass is 16.5. The summed E-state index contributed by atoms with van der Waals surface area (Å²) >= 11 is 0. The minimum Gasteiger partial charge on any atom is -0.488 e. The lowest BCUT2D eigenvalue weighted by Crippen LogP contribution is -3.13. The number of ether oxygens (including phenoxy) is 1. The lowest BCUT2D eigenvalue weighted by Gasteiger charge is -2.27. The Morgan fingerprint density at radius 3 is 2.29 bits per heavy atom. The summed E-state index contributed by atoms with van der Waals surface area (Å²) in [7, 11) is 0. The van der Waals surface area contributed by atoms with Gasteiger partial charge in [-0.25, -0.2) is 0 Å². The summed E-state index contributed by atoms with van der Waals surface area (Å²) in [4.78, 5) is 14.0. The molecule has 1 N–H and O–H groups in total. The van der Waals surface area contributed by atoms with E-state index in [-0.39, 0.29) is 5.78 Å². The van der Waals surface area contributed by atoms with Crippen molar-refractivity contribution in [2.24, 2.45) is 5.92 Å². The standard InChI is InChI=1S/C21H25NO2/c1-17-11-13-22(14-12-17)15-16-24-20-9-7-19(8-10-20)21(23)18-5-3-2-4-6-18/h2-10,17H,11-16H2,1H3/p+1. The Balaban J connectivity index is 1.49. The molecule has 0 unspecified atom stereocenters. The van der Waals surface area contributed by atoms with E-state index in [0.29, 0.717) is 11.1 Å². The van der Waals surface area contributed by atoms with E-state index in [1.54, 1.807) is 4.90 Å². The molecule has 1 fully saturated rings. The van der Waals surface area contributed by atoms with Crippen LogP contribution < -0.4 is 9.64 Å². The Bertz CT molecular complexity index is 643. The molecule has 0 saturated carbocycles. The van der Waals surface area contributed by atoms with Gasteiger partial charge in [-0.2, -0.15) is 0 Å². The summed E-state index contributed by atoms with van der Waals surface area (Å²) in [6, 6.07) is 16.8. The van der Waals surface area contributed by atoms with Crippen molar-refractivity contribution in [1.29, 1.82) is 0 Å². The van der Waals surface area contributed by atoms with Gasteiger partial charge >= 0.3 is 0 Å². The number of carbonyl (C=O) groups excluding carboxylic acids is 1. The maximum atomic E-state index is 12.4. The summed E-state index contributed by atoms with van der Waals surface area (Å²) in [6.45, 7) is 6.64. The number of carbonyl (C=O) groups is 1. The topological polar surface area (TPSA) is 30.7 Å². The zero-order chi connectivity index (χ0) is 16.8. The number of quaternary nitrogens is 1. The monoisotopic (exact) mass is 324 g/mol. The largest absolute Gasteiger partial charge is 0.488 e. The summed E-state index contributed by atoms with van der Waals surface area (Å²) in [6.07, 6.45) is 2.65. The van der Waals surface area contributed by atoms with Crippen molar-refractivity contribution in [3.63, 3.8) is 0 Å². The minimum atomic E-state index is 0.0500. The molecule has 0 amide bonds. The van der Waals surface area contributed by atoms with Crippen LogP contribution in [0.5, 0.6) is 5.75 Å². The molecule has 3 nitrogen and oxygen atoms in total. The first-order valence-electron chi connectivity index (χ1n) is 8.88. The van der Waals surface area contributed by atoms with Gasteiger partial charge in [0.1, 0.15) is 18.9 Å². The van der Waals surface area contributed by atoms with Crippen molar-refractivity contribution in [1.82, 2.24) is 0 Å². The number of hydrogen-bond acceptors (Lipinski definition) is 2. The van der Waals surface area contributed by atoms with E-state index in [1.165, 1.54) is 25.9 Å². The number of likely N-dealkylation sites (tertiary alicyclic amines) is 1. The molecule has 126 valence electrons. The summed E-state index contributed by atoms with van der Waals surface area (Å²) in [5.41, 5.74) is 1.42. The second kappa shape index (κ2) is 8.11. The van der Waals surface area contributed by atoms with E-state index in [4.69, 9.17) is 4.74 Å². The second-order valence-corrected chi connectivity index (χ2v) is 6.75. The highest BCUT2D eigenvalue weighted by molar-refractivity contribution is 6.08. The quantitative estimate of drug-likeness (QED) is 0.828. The highest BCUT2D eigenvalue weighted by Crippen LogP contribution is 2.15. The Morgan fingerprint density at radius 2 is 1.62 bits per heavy atom. The summed E-state index contributed by atoms with van der Waals surface area (Å²) < 4.78 is 5.84. The average Bonchev–Trinajstić information content (AvgIpc) is 2.64. The van der Waals surface area contributed by atoms with E-state index in [9.17, 15) is 4.79 Å². The number of hydrogen-bond donors (Lipinski definition) is 1. The molecule has 3 heteroatoms. The molecule has 0 radical (unpaired) electrons. The Hall–Kier alpha value is -2.13. The molecule has 1 saturated heterocycles. The molecular weight excluding hydrogens is 298 g/mol. The molecule has 0 spiro atoms. The van der Waals surface area contributed by atoms with E-state index in [1.807, 2.05) is 54.6 Å². The minimum absolute atomic E-state index is 0.0500. The Labute approximate surface area is 144 Å². The first-order valence-corrected chi connectivity index (χ1v) is 8.88. The number of nitrogens with one attached hydrogen (secondary N) is 1. The van der Waals surface area contributed by atoms with Crippen LogP contribution in [0.4, 0.5) is 0 Å². The molecule has 1 aliphatic heterocycles. The van der Waals surface area contributed by atoms with Crippen LogP contribution in [-0.2, 0) is 0 Å². The van der Waals surface area contributed by atoms with Gasteiger partial charge in [-0.05, 0) is 43.0 Å². The lowest BCUT2D eigenvalue weighted by atomic mass is 9.99. The lowest BCUT2D eigenvalue weighted by molar-refractivity contribution is -0.906. The SMILES string of the molecule is CC1CC[NH+](CCOc2ccc(C(=O)c3ccccc3)cc2)CC1. The van der Waals surface area contributed by atoms with Gasteiger partial charge in [-0.3, -0.25) is 4.79 Å². The van der Waals surface area contributed by atoms with Gasteiger partial charge in [0, 0.05) is 11.1 Å². The average molecular weight is 324 g/mol. The third-order valence-electron chi connectivity index (χ3n) is 4.86. The molecule has 0 aromatic heterocycles. The molecule has 0 bridgehead atoms. The van der Waals surface area contributed by atoms with Gasteiger partial charge in [0.25, 0.3) is 0 Å². The zero-order valence-corrected chi connectivity index (χ0v) is 14.3. The molecule has 0 aliphatic carbocycles. The summed E-state index contributed by atoms with van der Waals surface area (Å²) in [5, 5.41) is 0. The van der Waals surface area contributed by atoms with Crippen molar-refractivity contribution in [2.45, 2.75) is 19.8 Å². The molecule has 3 rings (SSSR count). The third-order valence-corrected chi connectivity index (χ3v) is 4.86. The molecule has 0 atom stereocenters. The molecule has 24 heavy (non-hydrogen) atoms. The van der Waals surface area contributed by atoms with Crippen LogP contribution in [0.25, 0.3) is 0 Å². The van der Waals surface area contributed by atoms with Gasteiger partial charge in [0.15, 0.2) is 5.78 Å². The van der Waals surface area contributed by atoms with Gasteiger partial charge in [-0.1, -0.05) is 37.3 Å². The number of piperidine rings is 1. The zero-order valence-electron chi connectivity index (χ0n) is 14.3. The first-order chi connectivity index (χ1) is 11.7. The predicted molar refractivity (Wildman–Crippen MR) is 95.8 cm³/mol. The molecular formula is C21H26NO2+. The van der Waals surface area contributed by atoms with Crippen LogP contribution in [0.2, 0.25) is 0 Å². The molecule has 2 aromatic carbocycles. The fraction of sp³-hybridized carbons (Fsp3) is 0.381. The van der Waals surface area contributed by atoms with Gasteiger partial charge in [0.05, 0.1) is 13.1 Å².